The number of nitrogens with one attached hydrogen (secondary N) is 1. The first-order valence-corrected chi connectivity index (χ1v) is 15.3. The Labute approximate surface area is 247 Å². The molecule has 1 N–H and O–H groups in total. The van der Waals surface area contributed by atoms with Crippen molar-refractivity contribution >= 4 is 50.7 Å². The summed E-state index contributed by atoms with van der Waals surface area (Å²) in [6.45, 7) is 7.75. The third-order valence-electron chi connectivity index (χ3n) is 6.42. The lowest BCUT2D eigenvalue weighted by Gasteiger charge is -2.33. The molecule has 0 unspecified atom stereocenters. The summed E-state index contributed by atoms with van der Waals surface area (Å²) in [5, 5.41) is 3.37. The third-order valence-corrected chi connectivity index (χ3v) is 8.64. The molecule has 10 heteroatoms. The average molecular weight is 605 g/mol. The number of sulfonamides is 1. The Morgan fingerprint density at radius 3 is 2.10 bits per heavy atom. The minimum absolute atomic E-state index is 0.00562. The Balaban J connectivity index is 2.08. The largest absolute Gasteiger partial charge is 0.354 e. The summed E-state index contributed by atoms with van der Waals surface area (Å²) < 4.78 is 28.7. The molecular formula is C30H35Cl2N3O4S. The van der Waals surface area contributed by atoms with E-state index in [4.69, 9.17) is 23.2 Å². The lowest BCUT2D eigenvalue weighted by Crippen LogP contribution is -2.52. The molecule has 0 saturated heterocycles. The second-order valence-electron chi connectivity index (χ2n) is 9.96. The number of hydrogen-bond acceptors (Lipinski definition) is 4. The van der Waals surface area contributed by atoms with Gasteiger partial charge >= 0.3 is 0 Å². The predicted molar refractivity (Wildman–Crippen MR) is 161 cm³/mol. The van der Waals surface area contributed by atoms with Crippen LogP contribution in [0, 0.1) is 12.8 Å². The monoisotopic (exact) mass is 603 g/mol. The van der Waals surface area contributed by atoms with Crippen LogP contribution in [0.4, 0.5) is 5.69 Å². The highest BCUT2D eigenvalue weighted by Crippen LogP contribution is 2.30. The molecule has 0 fully saturated rings. The first-order chi connectivity index (χ1) is 18.9. The van der Waals surface area contributed by atoms with E-state index >= 15 is 0 Å². The molecule has 214 valence electrons. The van der Waals surface area contributed by atoms with Crippen LogP contribution >= 0.6 is 23.2 Å². The molecule has 2 amide bonds. The number of amides is 2. The molecule has 0 aliphatic rings. The van der Waals surface area contributed by atoms with Crippen molar-refractivity contribution in [1.29, 1.82) is 0 Å². The van der Waals surface area contributed by atoms with Crippen molar-refractivity contribution in [2.75, 3.05) is 17.4 Å². The van der Waals surface area contributed by atoms with Crippen LogP contribution in [0.25, 0.3) is 0 Å². The molecule has 3 aromatic rings. The number of aryl methyl sites for hydroxylation is 1. The highest BCUT2D eigenvalue weighted by molar-refractivity contribution is 7.92. The van der Waals surface area contributed by atoms with Gasteiger partial charge < -0.3 is 10.2 Å². The second-order valence-corrected chi connectivity index (χ2v) is 12.7. The molecule has 0 aliphatic carbocycles. The van der Waals surface area contributed by atoms with Gasteiger partial charge in [-0.05, 0) is 60.7 Å². The third kappa shape index (κ3) is 7.99. The van der Waals surface area contributed by atoms with Gasteiger partial charge in [0.15, 0.2) is 0 Å². The van der Waals surface area contributed by atoms with Gasteiger partial charge in [0, 0.05) is 23.1 Å². The quantitative estimate of drug-likeness (QED) is 0.272. The van der Waals surface area contributed by atoms with Gasteiger partial charge in [-0.15, -0.1) is 0 Å². The van der Waals surface area contributed by atoms with E-state index < -0.39 is 28.5 Å². The van der Waals surface area contributed by atoms with Gasteiger partial charge in [0.25, 0.3) is 10.0 Å². The maximum atomic E-state index is 14.1. The van der Waals surface area contributed by atoms with Crippen LogP contribution in [0.3, 0.4) is 0 Å². The van der Waals surface area contributed by atoms with Crippen LogP contribution < -0.4 is 9.62 Å². The highest BCUT2D eigenvalue weighted by Gasteiger charge is 2.34. The number of anilines is 1. The molecule has 0 aliphatic heterocycles. The Bertz CT molecular complexity index is 1410. The molecule has 40 heavy (non-hydrogen) atoms. The summed E-state index contributed by atoms with van der Waals surface area (Å²) >= 11 is 12.5. The highest BCUT2D eigenvalue weighted by atomic mass is 35.5. The van der Waals surface area contributed by atoms with E-state index in [1.165, 1.54) is 35.2 Å². The van der Waals surface area contributed by atoms with Crippen molar-refractivity contribution in [3.8, 4) is 0 Å². The van der Waals surface area contributed by atoms with Gasteiger partial charge in [0.1, 0.15) is 12.6 Å². The Morgan fingerprint density at radius 2 is 1.52 bits per heavy atom. The molecule has 3 rings (SSSR count). The molecule has 0 aromatic heterocycles. The van der Waals surface area contributed by atoms with E-state index in [1.807, 2.05) is 52.0 Å². The van der Waals surface area contributed by atoms with E-state index in [2.05, 4.69) is 5.32 Å². The van der Waals surface area contributed by atoms with Crippen molar-refractivity contribution in [1.82, 2.24) is 10.2 Å². The fourth-order valence-corrected chi connectivity index (χ4v) is 6.18. The Morgan fingerprint density at radius 1 is 0.925 bits per heavy atom. The molecule has 0 saturated carbocycles. The standard InChI is InChI=1S/C30H35Cl2N3O4S/c1-5-28(30(37)33-18-21(2)3)34(19-23-12-10-9-11-22(23)4)29(36)20-35(26-16-24(31)15-25(32)17-26)40(38,39)27-13-7-6-8-14-27/h6-17,21,28H,5,18-20H2,1-4H3,(H,33,37)/t28-/m1/s1. The summed E-state index contributed by atoms with van der Waals surface area (Å²) in [4.78, 5) is 28.9. The number of carbonyl (C=O) groups is 2. The van der Waals surface area contributed by atoms with Gasteiger partial charge in [-0.1, -0.05) is 86.4 Å². The van der Waals surface area contributed by atoms with Crippen LogP contribution in [0.15, 0.2) is 77.7 Å². The minimum Gasteiger partial charge on any atom is -0.354 e. The van der Waals surface area contributed by atoms with Gasteiger partial charge in [-0.3, -0.25) is 13.9 Å². The zero-order chi connectivity index (χ0) is 29.4. The van der Waals surface area contributed by atoms with E-state index in [-0.39, 0.29) is 39.0 Å². The van der Waals surface area contributed by atoms with Crippen LogP contribution in [0.5, 0.6) is 0 Å². The zero-order valence-corrected chi connectivity index (χ0v) is 25.4. The van der Waals surface area contributed by atoms with Gasteiger partial charge in [0.2, 0.25) is 11.8 Å². The lowest BCUT2D eigenvalue weighted by molar-refractivity contribution is -0.140. The summed E-state index contributed by atoms with van der Waals surface area (Å²) in [6.07, 6.45) is 0.343. The van der Waals surface area contributed by atoms with Crippen LogP contribution in [-0.2, 0) is 26.2 Å². The fourth-order valence-electron chi connectivity index (χ4n) is 4.24. The van der Waals surface area contributed by atoms with Gasteiger partial charge in [-0.2, -0.15) is 0 Å². The SMILES string of the molecule is CC[C@H](C(=O)NCC(C)C)N(Cc1ccccc1C)C(=O)CN(c1cc(Cl)cc(Cl)c1)S(=O)(=O)c1ccccc1. The van der Waals surface area contributed by atoms with Gasteiger partial charge in [0.05, 0.1) is 10.6 Å². The molecule has 0 radical (unpaired) electrons. The van der Waals surface area contributed by atoms with Crippen LogP contribution in [-0.4, -0.2) is 44.3 Å². The minimum atomic E-state index is -4.20. The maximum absolute atomic E-state index is 14.1. The molecule has 0 spiro atoms. The molecule has 0 bridgehead atoms. The van der Waals surface area contributed by atoms with E-state index in [9.17, 15) is 18.0 Å². The maximum Gasteiger partial charge on any atom is 0.264 e. The molecule has 3 aromatic carbocycles. The average Bonchev–Trinajstić information content (AvgIpc) is 2.91. The van der Waals surface area contributed by atoms with Crippen molar-refractivity contribution in [3.63, 3.8) is 0 Å². The van der Waals surface area contributed by atoms with Crippen molar-refractivity contribution in [2.45, 2.75) is 51.6 Å². The first-order valence-electron chi connectivity index (χ1n) is 13.1. The van der Waals surface area contributed by atoms with Crippen LogP contribution in [0.1, 0.15) is 38.3 Å². The molecule has 7 nitrogen and oxygen atoms in total. The number of halogens is 2. The number of rotatable bonds is 12. The Kier molecular flexibility index (Phi) is 11.0. The lowest BCUT2D eigenvalue weighted by atomic mass is 10.1. The van der Waals surface area contributed by atoms with E-state index in [1.54, 1.807) is 18.2 Å². The smallest absolute Gasteiger partial charge is 0.264 e. The number of benzene rings is 3. The topological polar surface area (TPSA) is 86.8 Å². The molecular weight excluding hydrogens is 569 g/mol. The van der Waals surface area contributed by atoms with Crippen LogP contribution in [0.2, 0.25) is 10.0 Å². The molecule has 1 atom stereocenters. The predicted octanol–water partition coefficient (Wildman–Crippen LogP) is 6.08. The fraction of sp³-hybridized carbons (Fsp3) is 0.333. The van der Waals surface area contributed by atoms with E-state index in [0.717, 1.165) is 15.4 Å². The Hall–Kier alpha value is -3.07. The van der Waals surface area contributed by atoms with Crippen molar-refractivity contribution < 1.29 is 18.0 Å². The number of carbonyl (C=O) groups excluding carboxylic acids is 2. The van der Waals surface area contributed by atoms with Gasteiger partial charge in [-0.25, -0.2) is 8.42 Å². The summed E-state index contributed by atoms with van der Waals surface area (Å²) in [6, 6.07) is 19.0. The molecule has 0 heterocycles. The number of nitrogens with zero attached hydrogens (tertiary/aromatic N) is 2. The summed E-state index contributed by atoms with van der Waals surface area (Å²) in [7, 11) is -4.20. The zero-order valence-electron chi connectivity index (χ0n) is 23.1. The first kappa shape index (κ1) is 31.5. The van der Waals surface area contributed by atoms with Crippen molar-refractivity contribution in [3.05, 3.63) is 94.0 Å². The normalized spacial score (nSPS) is 12.2. The second kappa shape index (κ2) is 14.0. The number of hydrogen-bond donors (Lipinski definition) is 1. The van der Waals surface area contributed by atoms with Crippen molar-refractivity contribution in [2.24, 2.45) is 5.92 Å². The summed E-state index contributed by atoms with van der Waals surface area (Å²) in [5.74, 6) is -0.604. The summed E-state index contributed by atoms with van der Waals surface area (Å²) in [5.41, 5.74) is 1.95. The van der Waals surface area contributed by atoms with E-state index in [0.29, 0.717) is 13.0 Å².